The average Bonchev–Trinajstić information content (AvgIpc) is 2.28. The molecule has 0 aromatic heterocycles. The highest BCUT2D eigenvalue weighted by atomic mass is 32.2. The van der Waals surface area contributed by atoms with Gasteiger partial charge in [0.05, 0.1) is 5.92 Å². The van der Waals surface area contributed by atoms with E-state index in [9.17, 15) is 4.79 Å². The third-order valence-corrected chi connectivity index (χ3v) is 5.43. The van der Waals surface area contributed by atoms with Crippen molar-refractivity contribution in [2.75, 3.05) is 24.6 Å². The molecule has 2 aliphatic heterocycles. The number of hydrogen-bond acceptors (Lipinski definition) is 3. The van der Waals surface area contributed by atoms with Gasteiger partial charge in [0.25, 0.3) is 0 Å². The maximum Gasteiger partial charge on any atom is 0.306 e. The first-order valence-corrected chi connectivity index (χ1v) is 7.71. The summed E-state index contributed by atoms with van der Waals surface area (Å²) in [7, 11) is 0. The topological polar surface area (TPSA) is 40.5 Å². The molecule has 2 rings (SSSR count). The van der Waals surface area contributed by atoms with E-state index in [4.69, 9.17) is 5.11 Å². The van der Waals surface area contributed by atoms with E-state index in [1.54, 1.807) is 0 Å². The molecule has 3 nitrogen and oxygen atoms in total. The largest absolute Gasteiger partial charge is 0.481 e. The molecule has 0 saturated carbocycles. The van der Waals surface area contributed by atoms with E-state index < -0.39 is 5.97 Å². The number of nitrogens with zero attached hydrogens (tertiary/aromatic N) is 1. The lowest BCUT2D eigenvalue weighted by Gasteiger charge is -2.47. The molecule has 4 heteroatoms. The van der Waals surface area contributed by atoms with Gasteiger partial charge in [-0.15, -0.1) is 0 Å². The summed E-state index contributed by atoms with van der Waals surface area (Å²) >= 11 is 2.05. The maximum absolute atomic E-state index is 10.9. The molecule has 1 N–H and O–H groups in total. The van der Waals surface area contributed by atoms with Gasteiger partial charge >= 0.3 is 5.97 Å². The molecular formula is C13H23NO2S. The van der Waals surface area contributed by atoms with Crippen LogP contribution in [0.5, 0.6) is 0 Å². The van der Waals surface area contributed by atoms with Gasteiger partial charge in [-0.25, -0.2) is 0 Å². The molecule has 0 amide bonds. The van der Waals surface area contributed by atoms with Crippen LogP contribution in [0, 0.1) is 11.3 Å². The summed E-state index contributed by atoms with van der Waals surface area (Å²) in [5.41, 5.74) is 0.390. The molecule has 1 atom stereocenters. The van der Waals surface area contributed by atoms with Crippen LogP contribution in [0.1, 0.15) is 33.1 Å². The molecule has 0 aromatic carbocycles. The van der Waals surface area contributed by atoms with Crippen molar-refractivity contribution >= 4 is 17.7 Å². The van der Waals surface area contributed by atoms with E-state index >= 15 is 0 Å². The average molecular weight is 257 g/mol. The Kier molecular flexibility index (Phi) is 4.03. The Morgan fingerprint density at radius 2 is 2.00 bits per heavy atom. The summed E-state index contributed by atoms with van der Waals surface area (Å²) in [5.74, 6) is 1.77. The van der Waals surface area contributed by atoms with Crippen LogP contribution in [0.15, 0.2) is 0 Å². The van der Waals surface area contributed by atoms with Gasteiger partial charge in [-0.3, -0.25) is 9.69 Å². The highest BCUT2D eigenvalue weighted by molar-refractivity contribution is 7.99. The molecule has 98 valence electrons. The SMILES string of the molecule is CC1(C)CCSCC1N1CCC(C(=O)O)CC1. The normalized spacial score (nSPS) is 31.3. The monoisotopic (exact) mass is 257 g/mol. The molecule has 0 radical (unpaired) electrons. The van der Waals surface area contributed by atoms with E-state index in [1.807, 2.05) is 11.8 Å². The quantitative estimate of drug-likeness (QED) is 0.824. The van der Waals surface area contributed by atoms with Crippen molar-refractivity contribution in [3.8, 4) is 0 Å². The number of carbonyl (C=O) groups is 1. The second-order valence-corrected chi connectivity index (χ2v) is 7.13. The van der Waals surface area contributed by atoms with E-state index in [0.29, 0.717) is 11.5 Å². The molecule has 17 heavy (non-hydrogen) atoms. The van der Waals surface area contributed by atoms with Crippen LogP contribution in [0.3, 0.4) is 0 Å². The summed E-state index contributed by atoms with van der Waals surface area (Å²) in [6.45, 7) is 6.65. The molecule has 2 fully saturated rings. The summed E-state index contributed by atoms with van der Waals surface area (Å²) in [6, 6.07) is 0.635. The number of aliphatic carboxylic acids is 1. The number of hydrogen-bond donors (Lipinski definition) is 1. The Bertz CT molecular complexity index is 285. The van der Waals surface area contributed by atoms with Crippen molar-refractivity contribution < 1.29 is 9.90 Å². The first-order chi connectivity index (χ1) is 8.00. The van der Waals surface area contributed by atoms with Crippen molar-refractivity contribution in [3.05, 3.63) is 0 Å². The van der Waals surface area contributed by atoms with Crippen LogP contribution >= 0.6 is 11.8 Å². The van der Waals surface area contributed by atoms with Crippen molar-refractivity contribution in [1.82, 2.24) is 4.90 Å². The fourth-order valence-corrected chi connectivity index (χ4v) is 4.70. The number of carboxylic acid groups (broad SMARTS) is 1. The Labute approximate surface area is 108 Å². The standard InChI is InChI=1S/C13H23NO2S/c1-13(2)5-8-17-9-11(13)14-6-3-10(4-7-14)12(15)16/h10-11H,3-9H2,1-2H3,(H,15,16). The van der Waals surface area contributed by atoms with E-state index in [-0.39, 0.29) is 5.92 Å². The highest BCUT2D eigenvalue weighted by Gasteiger charge is 2.38. The number of thioether (sulfide) groups is 1. The van der Waals surface area contributed by atoms with Gasteiger partial charge in [-0.1, -0.05) is 13.8 Å². The number of carboxylic acids is 1. The van der Waals surface area contributed by atoms with E-state index in [2.05, 4.69) is 18.7 Å². The Morgan fingerprint density at radius 1 is 1.35 bits per heavy atom. The highest BCUT2D eigenvalue weighted by Crippen LogP contribution is 2.38. The number of piperidine rings is 1. The Morgan fingerprint density at radius 3 is 2.53 bits per heavy atom. The van der Waals surface area contributed by atoms with E-state index in [0.717, 1.165) is 25.9 Å². The predicted octanol–water partition coefficient (Wildman–Crippen LogP) is 2.31. The second-order valence-electron chi connectivity index (χ2n) is 5.98. The fraction of sp³-hybridized carbons (Fsp3) is 0.923. The second kappa shape index (κ2) is 5.19. The van der Waals surface area contributed by atoms with Gasteiger partial charge in [0, 0.05) is 11.8 Å². The summed E-state index contributed by atoms with van der Waals surface area (Å²) in [5, 5.41) is 9.01. The molecule has 0 aromatic rings. The van der Waals surface area contributed by atoms with Crippen molar-refractivity contribution in [2.24, 2.45) is 11.3 Å². The first-order valence-electron chi connectivity index (χ1n) is 6.55. The zero-order chi connectivity index (χ0) is 12.5. The van der Waals surface area contributed by atoms with Crippen LogP contribution < -0.4 is 0 Å². The van der Waals surface area contributed by atoms with Crippen molar-refractivity contribution in [1.29, 1.82) is 0 Å². The first kappa shape index (κ1) is 13.2. The van der Waals surface area contributed by atoms with Crippen LogP contribution in [0.25, 0.3) is 0 Å². The zero-order valence-electron chi connectivity index (χ0n) is 10.8. The lowest BCUT2D eigenvalue weighted by atomic mass is 9.80. The smallest absolute Gasteiger partial charge is 0.306 e. The van der Waals surface area contributed by atoms with Crippen molar-refractivity contribution in [3.63, 3.8) is 0 Å². The maximum atomic E-state index is 10.9. The molecule has 2 saturated heterocycles. The molecular weight excluding hydrogens is 234 g/mol. The summed E-state index contributed by atoms with van der Waals surface area (Å²) in [6.07, 6.45) is 2.93. The van der Waals surface area contributed by atoms with Gasteiger partial charge in [-0.2, -0.15) is 11.8 Å². The third kappa shape index (κ3) is 2.97. The fourth-order valence-electron chi connectivity index (χ4n) is 2.98. The number of likely N-dealkylation sites (tertiary alicyclic amines) is 1. The summed E-state index contributed by atoms with van der Waals surface area (Å²) in [4.78, 5) is 13.5. The minimum Gasteiger partial charge on any atom is -0.481 e. The van der Waals surface area contributed by atoms with Crippen LogP contribution in [-0.2, 0) is 4.79 Å². The van der Waals surface area contributed by atoms with Gasteiger partial charge in [0.1, 0.15) is 0 Å². The summed E-state index contributed by atoms with van der Waals surface area (Å²) < 4.78 is 0. The van der Waals surface area contributed by atoms with Gasteiger partial charge in [0.2, 0.25) is 0 Å². The minimum atomic E-state index is -0.609. The minimum absolute atomic E-state index is 0.106. The predicted molar refractivity (Wildman–Crippen MR) is 71.4 cm³/mol. The molecule has 0 bridgehead atoms. The molecule has 2 aliphatic rings. The van der Waals surface area contributed by atoms with Gasteiger partial charge in [0.15, 0.2) is 0 Å². The van der Waals surface area contributed by atoms with Crippen LogP contribution in [-0.4, -0.2) is 46.6 Å². The Hall–Kier alpha value is -0.220. The lowest BCUT2D eigenvalue weighted by Crippen LogP contribution is -2.52. The molecule has 2 heterocycles. The van der Waals surface area contributed by atoms with Crippen molar-refractivity contribution in [2.45, 2.75) is 39.2 Å². The lowest BCUT2D eigenvalue weighted by molar-refractivity contribution is -0.143. The van der Waals surface area contributed by atoms with Gasteiger partial charge < -0.3 is 5.11 Å². The molecule has 0 spiro atoms. The Balaban J connectivity index is 1.93. The van der Waals surface area contributed by atoms with Crippen LogP contribution in [0.4, 0.5) is 0 Å². The zero-order valence-corrected chi connectivity index (χ0v) is 11.6. The van der Waals surface area contributed by atoms with E-state index in [1.165, 1.54) is 17.9 Å². The number of rotatable bonds is 2. The van der Waals surface area contributed by atoms with Gasteiger partial charge in [-0.05, 0) is 43.5 Å². The third-order valence-electron chi connectivity index (χ3n) is 4.39. The molecule has 1 unspecified atom stereocenters. The van der Waals surface area contributed by atoms with Crippen LogP contribution in [0.2, 0.25) is 0 Å². The molecule has 0 aliphatic carbocycles.